The maximum Gasteiger partial charge on any atom is 0.218 e. The number of hydrogen-bond acceptors (Lipinski definition) is 4. The van der Waals surface area contributed by atoms with E-state index in [4.69, 9.17) is 0 Å². The minimum Gasteiger partial charge on any atom is -0.313 e. The monoisotopic (exact) mass is 289 g/mol. The average molecular weight is 289 g/mol. The molecule has 1 N–H and O–H groups in total. The minimum atomic E-state index is -3.16. The molecular formula is C13H27N3O2S. The Morgan fingerprint density at radius 2 is 1.95 bits per heavy atom. The van der Waals surface area contributed by atoms with E-state index in [0.29, 0.717) is 37.6 Å². The van der Waals surface area contributed by atoms with E-state index in [-0.39, 0.29) is 5.25 Å². The third-order valence-electron chi connectivity index (χ3n) is 4.34. The number of nitrogens with zero attached hydrogens (tertiary/aromatic N) is 2. The summed E-state index contributed by atoms with van der Waals surface area (Å²) in [4.78, 5) is 2.13. The minimum absolute atomic E-state index is 0.332. The van der Waals surface area contributed by atoms with Gasteiger partial charge in [-0.2, -0.15) is 4.31 Å². The van der Waals surface area contributed by atoms with Crippen molar-refractivity contribution >= 4 is 10.0 Å². The van der Waals surface area contributed by atoms with Crippen LogP contribution in [0.2, 0.25) is 0 Å². The van der Waals surface area contributed by atoms with Crippen molar-refractivity contribution in [1.29, 1.82) is 0 Å². The number of hydrogen-bond donors (Lipinski definition) is 1. The van der Waals surface area contributed by atoms with E-state index in [1.54, 1.807) is 4.31 Å². The molecule has 5 nitrogen and oxygen atoms in total. The summed E-state index contributed by atoms with van der Waals surface area (Å²) in [5, 5.41) is 2.98. The molecule has 0 aromatic rings. The summed E-state index contributed by atoms with van der Waals surface area (Å²) in [6, 6.07) is 0.892. The smallest absolute Gasteiger partial charge is 0.218 e. The number of likely N-dealkylation sites (N-methyl/N-ethyl adjacent to an activating group) is 1. The van der Waals surface area contributed by atoms with Crippen LogP contribution < -0.4 is 5.32 Å². The van der Waals surface area contributed by atoms with Crippen LogP contribution in [0.5, 0.6) is 0 Å². The lowest BCUT2D eigenvalue weighted by atomic mass is 10.1. The first-order chi connectivity index (χ1) is 8.82. The lowest BCUT2D eigenvalue weighted by Gasteiger charge is -2.24. The molecule has 2 rings (SSSR count). The van der Waals surface area contributed by atoms with Gasteiger partial charge in [0.2, 0.25) is 10.0 Å². The van der Waals surface area contributed by atoms with Crippen LogP contribution in [0.4, 0.5) is 0 Å². The van der Waals surface area contributed by atoms with Gasteiger partial charge < -0.3 is 10.2 Å². The highest BCUT2D eigenvalue weighted by Crippen LogP contribution is 2.25. The van der Waals surface area contributed by atoms with Gasteiger partial charge in [0.1, 0.15) is 0 Å². The van der Waals surface area contributed by atoms with Gasteiger partial charge in [0.15, 0.2) is 0 Å². The van der Waals surface area contributed by atoms with Crippen LogP contribution in [0.25, 0.3) is 0 Å². The quantitative estimate of drug-likeness (QED) is 0.766. The van der Waals surface area contributed by atoms with Gasteiger partial charge in [-0.05, 0) is 39.8 Å². The maximum absolute atomic E-state index is 12.5. The Morgan fingerprint density at radius 3 is 2.42 bits per heavy atom. The van der Waals surface area contributed by atoms with Crippen LogP contribution in [-0.2, 0) is 10.0 Å². The second-order valence-corrected chi connectivity index (χ2v) is 8.71. The fourth-order valence-electron chi connectivity index (χ4n) is 2.77. The van der Waals surface area contributed by atoms with Crippen molar-refractivity contribution in [3.05, 3.63) is 0 Å². The Hall–Kier alpha value is -0.170. The Balaban J connectivity index is 1.95. The molecule has 3 unspecified atom stereocenters. The lowest BCUT2D eigenvalue weighted by molar-refractivity contribution is 0.263. The van der Waals surface area contributed by atoms with Gasteiger partial charge in [-0.1, -0.05) is 6.92 Å². The fraction of sp³-hybridized carbons (Fsp3) is 1.00. The van der Waals surface area contributed by atoms with Crippen LogP contribution >= 0.6 is 0 Å². The average Bonchev–Trinajstić information content (AvgIpc) is 3.06. The Morgan fingerprint density at radius 1 is 1.32 bits per heavy atom. The standard InChI is InChI=1S/C13H27N3O2S/c1-10-8-16(9-13(10)15(3)4)19(17,18)11(2)7-14-12-5-6-12/h10-14H,5-9H2,1-4H3. The van der Waals surface area contributed by atoms with Gasteiger partial charge >= 0.3 is 0 Å². The zero-order valence-electron chi connectivity index (χ0n) is 12.5. The first-order valence-electron chi connectivity index (χ1n) is 7.21. The SMILES string of the molecule is CC1CN(S(=O)(=O)C(C)CNC2CC2)CC1N(C)C. The second kappa shape index (κ2) is 5.68. The third-order valence-corrected chi connectivity index (χ3v) is 6.54. The first-order valence-corrected chi connectivity index (χ1v) is 8.71. The molecule has 0 amide bonds. The molecule has 3 atom stereocenters. The number of sulfonamides is 1. The molecule has 0 bridgehead atoms. The van der Waals surface area contributed by atoms with Crippen LogP contribution in [0.3, 0.4) is 0 Å². The summed E-state index contributed by atoms with van der Waals surface area (Å²) in [7, 11) is 0.885. The van der Waals surface area contributed by atoms with Crippen molar-refractivity contribution < 1.29 is 8.42 Å². The predicted molar refractivity (Wildman–Crippen MR) is 77.6 cm³/mol. The van der Waals surface area contributed by atoms with Crippen LogP contribution in [0.15, 0.2) is 0 Å². The molecule has 2 fully saturated rings. The largest absolute Gasteiger partial charge is 0.313 e. The third kappa shape index (κ3) is 3.48. The summed E-state index contributed by atoms with van der Waals surface area (Å²) >= 11 is 0. The van der Waals surface area contributed by atoms with Crippen molar-refractivity contribution in [2.75, 3.05) is 33.7 Å². The van der Waals surface area contributed by atoms with Crippen molar-refractivity contribution in [2.24, 2.45) is 5.92 Å². The molecule has 19 heavy (non-hydrogen) atoms. The van der Waals surface area contributed by atoms with Crippen LogP contribution in [0.1, 0.15) is 26.7 Å². The van der Waals surface area contributed by atoms with Gasteiger partial charge in [-0.15, -0.1) is 0 Å². The summed E-state index contributed by atoms with van der Waals surface area (Å²) < 4.78 is 26.8. The predicted octanol–water partition coefficient (Wildman–Crippen LogP) is 0.339. The Kier molecular flexibility index (Phi) is 4.55. The van der Waals surface area contributed by atoms with Crippen molar-refractivity contribution in [3.63, 3.8) is 0 Å². The molecule has 112 valence electrons. The summed E-state index contributed by atoms with van der Waals surface area (Å²) in [6.45, 7) is 5.80. The summed E-state index contributed by atoms with van der Waals surface area (Å²) in [6.07, 6.45) is 2.38. The summed E-state index contributed by atoms with van der Waals surface area (Å²) in [5.41, 5.74) is 0. The highest BCUT2D eigenvalue weighted by atomic mass is 32.2. The van der Waals surface area contributed by atoms with Gasteiger partial charge in [0.25, 0.3) is 0 Å². The van der Waals surface area contributed by atoms with Gasteiger partial charge in [0.05, 0.1) is 5.25 Å². The molecule has 1 aliphatic heterocycles. The molecule has 1 saturated carbocycles. The molecule has 1 aliphatic carbocycles. The van der Waals surface area contributed by atoms with Crippen molar-refractivity contribution in [3.8, 4) is 0 Å². The molecule has 1 saturated heterocycles. The van der Waals surface area contributed by atoms with E-state index in [9.17, 15) is 8.42 Å². The molecule has 0 radical (unpaired) electrons. The zero-order valence-corrected chi connectivity index (χ0v) is 13.3. The van der Waals surface area contributed by atoms with E-state index in [1.165, 1.54) is 12.8 Å². The summed E-state index contributed by atoms with van der Waals surface area (Å²) in [5.74, 6) is 0.397. The Bertz CT molecular complexity index is 406. The number of nitrogens with one attached hydrogen (secondary N) is 1. The van der Waals surface area contributed by atoms with Crippen LogP contribution in [-0.4, -0.2) is 68.7 Å². The highest BCUT2D eigenvalue weighted by Gasteiger charge is 2.39. The topological polar surface area (TPSA) is 52.7 Å². The van der Waals surface area contributed by atoms with Crippen molar-refractivity contribution in [1.82, 2.24) is 14.5 Å². The number of rotatable bonds is 6. The van der Waals surface area contributed by atoms with E-state index >= 15 is 0 Å². The normalized spacial score (nSPS) is 31.0. The van der Waals surface area contributed by atoms with Gasteiger partial charge in [0, 0.05) is 31.7 Å². The molecule has 2 aliphatic rings. The second-order valence-electron chi connectivity index (χ2n) is 6.36. The molecule has 6 heteroatoms. The van der Waals surface area contributed by atoms with Gasteiger partial charge in [-0.3, -0.25) is 0 Å². The van der Waals surface area contributed by atoms with E-state index in [0.717, 1.165) is 0 Å². The molecule has 1 heterocycles. The van der Waals surface area contributed by atoms with E-state index in [2.05, 4.69) is 17.1 Å². The van der Waals surface area contributed by atoms with Gasteiger partial charge in [-0.25, -0.2) is 8.42 Å². The lowest BCUT2D eigenvalue weighted by Crippen LogP contribution is -2.42. The fourth-order valence-corrected chi connectivity index (χ4v) is 4.39. The van der Waals surface area contributed by atoms with Crippen molar-refractivity contribution in [2.45, 2.75) is 44.0 Å². The van der Waals surface area contributed by atoms with E-state index < -0.39 is 10.0 Å². The highest BCUT2D eigenvalue weighted by molar-refractivity contribution is 7.89. The molecule has 0 aromatic carbocycles. The maximum atomic E-state index is 12.5. The molecule has 0 spiro atoms. The first kappa shape index (κ1) is 15.2. The van der Waals surface area contributed by atoms with Crippen LogP contribution in [0, 0.1) is 5.92 Å². The van der Waals surface area contributed by atoms with E-state index in [1.807, 2.05) is 21.0 Å². The Labute approximate surface area is 117 Å². The molecular weight excluding hydrogens is 262 g/mol. The zero-order chi connectivity index (χ0) is 14.2. The molecule has 0 aromatic heterocycles.